The molecule has 2 aliphatic heterocycles. The van der Waals surface area contributed by atoms with Gasteiger partial charge in [0.05, 0.1) is 12.1 Å². The van der Waals surface area contributed by atoms with Crippen molar-refractivity contribution in [1.82, 2.24) is 15.5 Å². The molecule has 0 spiro atoms. The molecule has 24 heavy (non-hydrogen) atoms. The van der Waals surface area contributed by atoms with Crippen LogP contribution in [0.1, 0.15) is 59.3 Å². The van der Waals surface area contributed by atoms with E-state index in [0.717, 1.165) is 51.1 Å². The Bertz CT molecular complexity index is 372. The van der Waals surface area contributed by atoms with E-state index in [9.17, 15) is 0 Å². The lowest BCUT2D eigenvalue weighted by Crippen LogP contribution is -2.42. The summed E-state index contributed by atoms with van der Waals surface area (Å²) in [6.07, 6.45) is 7.56. The Morgan fingerprint density at radius 2 is 2.12 bits per heavy atom. The molecule has 2 fully saturated rings. The summed E-state index contributed by atoms with van der Waals surface area (Å²) in [6.45, 7) is 12.6. The van der Waals surface area contributed by atoms with Crippen LogP contribution in [0.3, 0.4) is 0 Å². The lowest BCUT2D eigenvalue weighted by atomic mass is 10.0. The van der Waals surface area contributed by atoms with Crippen LogP contribution in [0.5, 0.6) is 0 Å². The minimum absolute atomic E-state index is 0. The van der Waals surface area contributed by atoms with Crippen LogP contribution in [0.15, 0.2) is 4.99 Å². The summed E-state index contributed by atoms with van der Waals surface area (Å²) in [6, 6.07) is 0.755. The third-order valence-corrected chi connectivity index (χ3v) is 5.07. The number of nitrogens with one attached hydrogen (secondary N) is 2. The second-order valence-electron chi connectivity index (χ2n) is 7.26. The molecule has 2 unspecified atom stereocenters. The van der Waals surface area contributed by atoms with Gasteiger partial charge in [-0.3, -0.25) is 4.99 Å². The van der Waals surface area contributed by atoms with E-state index >= 15 is 0 Å². The molecular weight excluding hydrogens is 415 g/mol. The van der Waals surface area contributed by atoms with Gasteiger partial charge in [0.15, 0.2) is 5.96 Å². The summed E-state index contributed by atoms with van der Waals surface area (Å²) in [5.74, 6) is 0.927. The van der Waals surface area contributed by atoms with Crippen molar-refractivity contribution in [2.24, 2.45) is 4.99 Å². The third kappa shape index (κ3) is 7.44. The molecule has 5 nitrogen and oxygen atoms in total. The molecule has 2 rings (SSSR count). The van der Waals surface area contributed by atoms with Gasteiger partial charge < -0.3 is 20.3 Å². The average molecular weight is 452 g/mol. The lowest BCUT2D eigenvalue weighted by molar-refractivity contribution is 0.0283. The fourth-order valence-corrected chi connectivity index (χ4v) is 3.53. The fourth-order valence-electron chi connectivity index (χ4n) is 3.53. The van der Waals surface area contributed by atoms with Crippen LogP contribution in [-0.2, 0) is 4.74 Å². The van der Waals surface area contributed by atoms with E-state index in [2.05, 4.69) is 36.3 Å². The lowest BCUT2D eigenvalue weighted by Gasteiger charge is -2.33. The van der Waals surface area contributed by atoms with E-state index in [4.69, 9.17) is 9.73 Å². The minimum Gasteiger partial charge on any atom is -0.373 e. The molecule has 142 valence electrons. The van der Waals surface area contributed by atoms with Crippen LogP contribution in [-0.4, -0.2) is 61.8 Å². The highest BCUT2D eigenvalue weighted by atomic mass is 127. The maximum absolute atomic E-state index is 5.82. The van der Waals surface area contributed by atoms with E-state index in [1.54, 1.807) is 0 Å². The number of nitrogens with zero attached hydrogens (tertiary/aromatic N) is 2. The predicted molar refractivity (Wildman–Crippen MR) is 112 cm³/mol. The number of hydrogen-bond donors (Lipinski definition) is 2. The van der Waals surface area contributed by atoms with E-state index in [1.165, 1.54) is 38.8 Å². The van der Waals surface area contributed by atoms with E-state index in [1.807, 2.05) is 0 Å². The maximum Gasteiger partial charge on any atom is 0.191 e. The monoisotopic (exact) mass is 452 g/mol. The number of likely N-dealkylation sites (tertiary alicyclic amines) is 1. The van der Waals surface area contributed by atoms with Gasteiger partial charge in [-0.15, -0.1) is 24.0 Å². The molecule has 2 aliphatic rings. The first-order valence-electron chi connectivity index (χ1n) is 9.53. The highest BCUT2D eigenvalue weighted by Gasteiger charge is 2.29. The Labute approximate surface area is 165 Å². The zero-order valence-electron chi connectivity index (χ0n) is 15.8. The van der Waals surface area contributed by atoms with Crippen molar-refractivity contribution < 1.29 is 4.74 Å². The molecule has 2 atom stereocenters. The molecule has 6 heteroatoms. The number of hydrogen-bond acceptors (Lipinski definition) is 3. The minimum atomic E-state index is -0.0639. The van der Waals surface area contributed by atoms with Crippen molar-refractivity contribution in [1.29, 1.82) is 0 Å². The molecule has 2 saturated heterocycles. The number of piperidine rings is 1. The number of guanidine groups is 1. The Kier molecular flexibility index (Phi) is 10.5. The van der Waals surface area contributed by atoms with Gasteiger partial charge in [-0.2, -0.15) is 0 Å². The summed E-state index contributed by atoms with van der Waals surface area (Å²) >= 11 is 0. The second kappa shape index (κ2) is 11.5. The largest absolute Gasteiger partial charge is 0.373 e. The molecule has 2 N–H and O–H groups in total. The molecule has 0 bridgehead atoms. The standard InChI is InChI=1S/C18H36N4O.HI/c1-4-19-17(21-15-18(3)10-7-14-23-18)20-11-8-13-22-12-6-5-9-16(22)2;/h16H,4-15H2,1-3H3,(H2,19,20,21);1H. The molecule has 2 heterocycles. The Morgan fingerprint density at radius 1 is 1.29 bits per heavy atom. The molecule has 0 saturated carbocycles. The first-order valence-corrected chi connectivity index (χ1v) is 9.53. The highest BCUT2D eigenvalue weighted by molar-refractivity contribution is 14.0. The predicted octanol–water partition coefficient (Wildman–Crippen LogP) is 2.99. The molecule has 0 aromatic carbocycles. The van der Waals surface area contributed by atoms with Crippen molar-refractivity contribution in [2.75, 3.05) is 39.3 Å². The van der Waals surface area contributed by atoms with Crippen molar-refractivity contribution in [3.63, 3.8) is 0 Å². The topological polar surface area (TPSA) is 48.9 Å². The molecular formula is C18H37IN4O. The molecule has 0 aliphatic carbocycles. The van der Waals surface area contributed by atoms with Gasteiger partial charge >= 0.3 is 0 Å². The summed E-state index contributed by atoms with van der Waals surface area (Å²) in [5.41, 5.74) is -0.0639. The van der Waals surface area contributed by atoms with Crippen LogP contribution in [0.4, 0.5) is 0 Å². The van der Waals surface area contributed by atoms with Gasteiger partial charge in [0.1, 0.15) is 0 Å². The molecule has 0 radical (unpaired) electrons. The summed E-state index contributed by atoms with van der Waals surface area (Å²) in [5, 5.41) is 6.81. The zero-order chi connectivity index (χ0) is 16.5. The number of aliphatic imine (C=N–C) groups is 1. The van der Waals surface area contributed by atoms with Gasteiger partial charge in [-0.25, -0.2) is 0 Å². The quantitative estimate of drug-likeness (QED) is 0.270. The van der Waals surface area contributed by atoms with Crippen molar-refractivity contribution in [2.45, 2.75) is 70.9 Å². The fraction of sp³-hybridized carbons (Fsp3) is 0.944. The molecule has 0 amide bonds. The number of ether oxygens (including phenoxy) is 1. The van der Waals surface area contributed by atoms with Crippen LogP contribution >= 0.6 is 24.0 Å². The van der Waals surface area contributed by atoms with Crippen LogP contribution < -0.4 is 10.6 Å². The molecule has 0 aromatic heterocycles. The van der Waals surface area contributed by atoms with Gasteiger partial charge in [0.2, 0.25) is 0 Å². The van der Waals surface area contributed by atoms with Crippen LogP contribution in [0.2, 0.25) is 0 Å². The first kappa shape index (κ1) is 22.0. The Morgan fingerprint density at radius 3 is 2.79 bits per heavy atom. The van der Waals surface area contributed by atoms with Crippen molar-refractivity contribution in [3.8, 4) is 0 Å². The van der Waals surface area contributed by atoms with Gasteiger partial charge in [0, 0.05) is 32.3 Å². The summed E-state index contributed by atoms with van der Waals surface area (Å²) in [7, 11) is 0. The maximum atomic E-state index is 5.82. The second-order valence-corrected chi connectivity index (χ2v) is 7.26. The van der Waals surface area contributed by atoms with Gasteiger partial charge in [-0.05, 0) is 59.4 Å². The average Bonchev–Trinajstić information content (AvgIpc) is 2.98. The Balaban J connectivity index is 0.00000288. The van der Waals surface area contributed by atoms with Crippen molar-refractivity contribution >= 4 is 29.9 Å². The van der Waals surface area contributed by atoms with E-state index < -0.39 is 0 Å². The normalized spacial score (nSPS) is 28.5. The first-order chi connectivity index (χ1) is 11.1. The highest BCUT2D eigenvalue weighted by Crippen LogP contribution is 2.25. The summed E-state index contributed by atoms with van der Waals surface area (Å²) < 4.78 is 5.82. The zero-order valence-corrected chi connectivity index (χ0v) is 18.1. The summed E-state index contributed by atoms with van der Waals surface area (Å²) in [4.78, 5) is 7.35. The van der Waals surface area contributed by atoms with Gasteiger partial charge in [0.25, 0.3) is 0 Å². The smallest absolute Gasteiger partial charge is 0.191 e. The SMILES string of the molecule is CCNC(=NCC1(C)CCCO1)NCCCN1CCCCC1C.I. The van der Waals surface area contributed by atoms with Crippen LogP contribution in [0, 0.1) is 0 Å². The number of halogens is 1. The third-order valence-electron chi connectivity index (χ3n) is 5.07. The molecule has 0 aromatic rings. The van der Waals surface area contributed by atoms with E-state index in [0.29, 0.717) is 0 Å². The van der Waals surface area contributed by atoms with Crippen LogP contribution in [0.25, 0.3) is 0 Å². The van der Waals surface area contributed by atoms with E-state index in [-0.39, 0.29) is 29.6 Å². The Hall–Kier alpha value is -0.0800. The van der Waals surface area contributed by atoms with Gasteiger partial charge in [-0.1, -0.05) is 6.42 Å². The van der Waals surface area contributed by atoms with Crippen molar-refractivity contribution in [3.05, 3.63) is 0 Å². The number of rotatable bonds is 7.